The summed E-state index contributed by atoms with van der Waals surface area (Å²) in [6.07, 6.45) is 3.62. The Labute approximate surface area is 157 Å². The highest BCUT2D eigenvalue weighted by Crippen LogP contribution is 2.31. The molecule has 4 N–H and O–H groups in total. The monoisotopic (exact) mass is 366 g/mol. The Bertz CT molecular complexity index is 913. The van der Waals surface area contributed by atoms with E-state index >= 15 is 0 Å². The molecule has 0 spiro atoms. The Balaban J connectivity index is 1.69. The first-order valence-corrected chi connectivity index (χ1v) is 9.01. The third kappa shape index (κ3) is 3.30. The number of nitrogens with two attached hydrogens (primary N) is 1. The number of amidine groups is 1. The van der Waals surface area contributed by atoms with Crippen molar-refractivity contribution in [3.63, 3.8) is 0 Å². The molecule has 8 nitrogen and oxygen atoms in total. The second kappa shape index (κ2) is 6.53. The summed E-state index contributed by atoms with van der Waals surface area (Å²) in [4.78, 5) is 33.1. The number of hydrogen-bond acceptors (Lipinski definition) is 5. The van der Waals surface area contributed by atoms with Crippen molar-refractivity contribution in [2.75, 3.05) is 6.54 Å². The van der Waals surface area contributed by atoms with Crippen molar-refractivity contribution >= 4 is 29.7 Å². The molecule has 27 heavy (non-hydrogen) atoms. The number of nitrogens with zero attached hydrogens (tertiary/aromatic N) is 3. The zero-order chi connectivity index (χ0) is 19.1. The van der Waals surface area contributed by atoms with Crippen molar-refractivity contribution in [2.24, 2.45) is 21.6 Å². The summed E-state index contributed by atoms with van der Waals surface area (Å²) in [6.45, 7) is 4.26. The van der Waals surface area contributed by atoms with E-state index in [2.05, 4.69) is 20.7 Å². The maximum Gasteiger partial charge on any atom is 0.251 e. The molecule has 2 heterocycles. The zero-order valence-corrected chi connectivity index (χ0v) is 15.3. The maximum absolute atomic E-state index is 12.3. The van der Waals surface area contributed by atoms with Crippen LogP contribution in [0.15, 0.2) is 39.5 Å². The van der Waals surface area contributed by atoms with Crippen molar-refractivity contribution in [2.45, 2.75) is 32.7 Å². The molecule has 0 aromatic heterocycles. The van der Waals surface area contributed by atoms with Gasteiger partial charge in [-0.05, 0) is 50.0 Å². The third-order valence-electron chi connectivity index (χ3n) is 5.10. The molecule has 2 amide bonds. The van der Waals surface area contributed by atoms with Gasteiger partial charge in [-0.15, -0.1) is 0 Å². The van der Waals surface area contributed by atoms with Gasteiger partial charge in [-0.1, -0.05) is 6.07 Å². The lowest BCUT2D eigenvalue weighted by atomic mass is 10.0. The maximum atomic E-state index is 12.3. The number of carbonyl (C=O) groups is 2. The van der Waals surface area contributed by atoms with E-state index in [9.17, 15) is 9.59 Å². The molecule has 1 saturated carbocycles. The van der Waals surface area contributed by atoms with Crippen molar-refractivity contribution in [1.29, 1.82) is 0 Å². The highest BCUT2D eigenvalue weighted by molar-refractivity contribution is 6.07. The molecule has 0 saturated heterocycles. The van der Waals surface area contributed by atoms with E-state index in [1.54, 1.807) is 12.1 Å². The molecule has 2 aliphatic heterocycles. The molecule has 1 aromatic carbocycles. The number of primary amides is 1. The largest absolute Gasteiger partial charge is 0.369 e. The molecule has 4 rings (SSSR count). The van der Waals surface area contributed by atoms with Gasteiger partial charge in [0.15, 0.2) is 5.84 Å². The summed E-state index contributed by atoms with van der Waals surface area (Å²) in [5, 5.41) is 4.82. The number of aliphatic imine (C=N–C) groups is 2. The fourth-order valence-electron chi connectivity index (χ4n) is 3.29. The molecule has 8 heteroatoms. The molecule has 140 valence electrons. The van der Waals surface area contributed by atoms with Gasteiger partial charge in [0, 0.05) is 11.6 Å². The van der Waals surface area contributed by atoms with Crippen LogP contribution in [0.25, 0.3) is 0 Å². The van der Waals surface area contributed by atoms with E-state index in [-0.39, 0.29) is 17.7 Å². The van der Waals surface area contributed by atoms with Gasteiger partial charge in [0.2, 0.25) is 5.91 Å². The number of aryl methyl sites for hydroxylation is 1. The average molecular weight is 366 g/mol. The van der Waals surface area contributed by atoms with Crippen molar-refractivity contribution in [1.82, 2.24) is 15.8 Å². The van der Waals surface area contributed by atoms with Gasteiger partial charge in [-0.2, -0.15) is 0 Å². The number of hydrazine groups is 1. The first-order valence-electron chi connectivity index (χ1n) is 9.01. The highest BCUT2D eigenvalue weighted by atomic mass is 16.2. The minimum atomic E-state index is -0.379. The molecule has 1 aliphatic carbocycles. The number of fused-ring (bicyclic) bond motifs is 1. The predicted molar refractivity (Wildman–Crippen MR) is 102 cm³/mol. The minimum Gasteiger partial charge on any atom is -0.369 e. The van der Waals surface area contributed by atoms with E-state index in [1.165, 1.54) is 6.34 Å². The van der Waals surface area contributed by atoms with E-state index in [0.29, 0.717) is 29.7 Å². The summed E-state index contributed by atoms with van der Waals surface area (Å²) < 4.78 is 0. The van der Waals surface area contributed by atoms with Gasteiger partial charge >= 0.3 is 0 Å². The van der Waals surface area contributed by atoms with Crippen LogP contribution < -0.4 is 16.5 Å². The van der Waals surface area contributed by atoms with Crippen LogP contribution >= 0.6 is 0 Å². The Morgan fingerprint density at radius 2 is 2.11 bits per heavy atom. The van der Waals surface area contributed by atoms with Crippen molar-refractivity contribution in [3.05, 3.63) is 40.6 Å². The predicted octanol–water partition coefficient (Wildman–Crippen LogP) is 1.15. The van der Waals surface area contributed by atoms with Crippen LogP contribution in [-0.4, -0.2) is 41.6 Å². The molecule has 0 bridgehead atoms. The van der Waals surface area contributed by atoms with Gasteiger partial charge in [0.05, 0.1) is 18.2 Å². The Hall–Kier alpha value is -3.16. The van der Waals surface area contributed by atoms with Crippen LogP contribution in [0.5, 0.6) is 0 Å². The minimum absolute atomic E-state index is 0.0838. The van der Waals surface area contributed by atoms with Crippen LogP contribution in [0, 0.1) is 12.8 Å². The quantitative estimate of drug-likeness (QED) is 0.742. The van der Waals surface area contributed by atoms with Crippen molar-refractivity contribution < 1.29 is 9.59 Å². The number of carbonyl (C=O) groups excluding carboxylic acids is 2. The molecular weight excluding hydrogens is 344 g/mol. The number of nitrogens with one attached hydrogen (secondary N) is 2. The molecule has 1 unspecified atom stereocenters. The fourth-order valence-corrected chi connectivity index (χ4v) is 3.29. The van der Waals surface area contributed by atoms with Gasteiger partial charge in [0.25, 0.3) is 5.91 Å². The Morgan fingerprint density at radius 1 is 1.33 bits per heavy atom. The lowest BCUT2D eigenvalue weighted by Crippen LogP contribution is -2.42. The second-order valence-corrected chi connectivity index (χ2v) is 7.17. The highest BCUT2D eigenvalue weighted by Gasteiger charge is 2.36. The number of benzene rings is 1. The standard InChI is InChI=1S/C19H22N6O2/c1-10-3-4-12(19(27)23-13-5-6-13)7-15(10)24-18-16-11(2)14(17(20)26)8-25(16)22-9-21-18/h3-4,7,9,13-14H,5-6,8H2,1-2H3,(H2,20,26)(H,23,27)(H,21,22,24). The zero-order valence-electron chi connectivity index (χ0n) is 15.3. The summed E-state index contributed by atoms with van der Waals surface area (Å²) in [5.41, 5.74) is 12.3. The second-order valence-electron chi connectivity index (χ2n) is 7.17. The van der Waals surface area contributed by atoms with Crippen LogP contribution in [0.4, 0.5) is 5.69 Å². The van der Waals surface area contributed by atoms with Gasteiger partial charge < -0.3 is 11.1 Å². The van der Waals surface area contributed by atoms with Crippen LogP contribution in [-0.2, 0) is 4.79 Å². The summed E-state index contributed by atoms with van der Waals surface area (Å²) in [5.74, 6) is -0.334. The number of rotatable bonds is 4. The molecule has 1 fully saturated rings. The smallest absolute Gasteiger partial charge is 0.251 e. The normalized spacial score (nSPS) is 22.7. The molecule has 1 atom stereocenters. The molecule has 0 radical (unpaired) electrons. The van der Waals surface area contributed by atoms with Crippen LogP contribution in [0.2, 0.25) is 0 Å². The first-order chi connectivity index (χ1) is 12.9. The Kier molecular flexibility index (Phi) is 4.18. The summed E-state index contributed by atoms with van der Waals surface area (Å²) in [6, 6.07) is 5.76. The summed E-state index contributed by atoms with van der Waals surface area (Å²) >= 11 is 0. The lowest BCUT2D eigenvalue weighted by Gasteiger charge is -2.25. The Morgan fingerprint density at radius 3 is 2.81 bits per heavy atom. The van der Waals surface area contributed by atoms with E-state index in [1.807, 2.05) is 24.9 Å². The molecular formula is C19H22N6O2. The van der Waals surface area contributed by atoms with Crippen molar-refractivity contribution in [3.8, 4) is 0 Å². The topological polar surface area (TPSA) is 112 Å². The average Bonchev–Trinajstić information content (AvgIpc) is 3.38. The lowest BCUT2D eigenvalue weighted by molar-refractivity contribution is -0.120. The van der Waals surface area contributed by atoms with Gasteiger partial charge in [-0.25, -0.2) is 9.98 Å². The third-order valence-corrected chi connectivity index (χ3v) is 5.10. The first kappa shape index (κ1) is 17.3. The van der Waals surface area contributed by atoms with E-state index in [0.717, 1.165) is 29.7 Å². The van der Waals surface area contributed by atoms with Crippen LogP contribution in [0.3, 0.4) is 0 Å². The summed E-state index contributed by atoms with van der Waals surface area (Å²) in [7, 11) is 0. The van der Waals surface area contributed by atoms with E-state index in [4.69, 9.17) is 5.73 Å². The van der Waals surface area contributed by atoms with Gasteiger partial charge in [-0.3, -0.25) is 20.0 Å². The van der Waals surface area contributed by atoms with E-state index < -0.39 is 0 Å². The number of hydrogen-bond donors (Lipinski definition) is 3. The SMILES string of the molecule is CC1=C2C(=Nc3cc(C(=O)NC4CC4)ccc3C)N=CNN2CC1C(N)=O. The molecule has 1 aromatic rings. The number of amides is 2. The van der Waals surface area contributed by atoms with Gasteiger partial charge in [0.1, 0.15) is 12.0 Å². The van der Waals surface area contributed by atoms with Crippen LogP contribution in [0.1, 0.15) is 35.7 Å². The fraction of sp³-hybridized carbons (Fsp3) is 0.368. The molecule has 3 aliphatic rings.